The fraction of sp³-hybridized carbons (Fsp3) is 0.556. The number of hydrogen-bond donors (Lipinski definition) is 2. The molecule has 1 amide bonds. The van der Waals surface area contributed by atoms with E-state index in [-0.39, 0.29) is 25.9 Å². The average Bonchev–Trinajstić information content (AvgIpc) is 2.14. The smallest absolute Gasteiger partial charge is 0.407 e. The summed E-state index contributed by atoms with van der Waals surface area (Å²) in [6.07, 6.45) is 0.867. The van der Waals surface area contributed by atoms with Crippen molar-refractivity contribution in [2.24, 2.45) is 0 Å². The van der Waals surface area contributed by atoms with Crippen molar-refractivity contribution in [2.75, 3.05) is 19.8 Å². The van der Waals surface area contributed by atoms with Crippen molar-refractivity contribution in [2.45, 2.75) is 13.0 Å². The molecule has 0 aliphatic carbocycles. The highest BCUT2D eigenvalue weighted by Crippen LogP contribution is 1.87. The molecule has 0 aliphatic rings. The van der Waals surface area contributed by atoms with Gasteiger partial charge in [0.1, 0.15) is 13.2 Å². The first-order valence-corrected chi connectivity index (χ1v) is 4.40. The summed E-state index contributed by atoms with van der Waals surface area (Å²) in [5, 5.41) is 10.7. The minimum Gasteiger partial charge on any atom is -0.480 e. The lowest BCUT2D eigenvalue weighted by Crippen LogP contribution is -2.36. The zero-order valence-corrected chi connectivity index (χ0v) is 8.56. The fourth-order valence-corrected chi connectivity index (χ4v) is 0.742. The molecule has 15 heavy (non-hydrogen) atoms. The first-order chi connectivity index (χ1) is 7.06. The van der Waals surface area contributed by atoms with Crippen molar-refractivity contribution in [3.63, 3.8) is 0 Å². The van der Waals surface area contributed by atoms with Gasteiger partial charge < -0.3 is 19.9 Å². The third kappa shape index (κ3) is 8.76. The maximum Gasteiger partial charge on any atom is 0.407 e. The summed E-state index contributed by atoms with van der Waals surface area (Å²) < 4.78 is 9.42. The van der Waals surface area contributed by atoms with Gasteiger partial charge in [-0.1, -0.05) is 12.7 Å². The molecule has 0 bridgehead atoms. The minimum absolute atomic E-state index is 0.121. The topological polar surface area (TPSA) is 84.9 Å². The zero-order chi connectivity index (χ0) is 11.7. The van der Waals surface area contributed by atoms with Crippen LogP contribution < -0.4 is 5.32 Å². The number of aliphatic carboxylic acids is 1. The van der Waals surface area contributed by atoms with E-state index in [1.807, 2.05) is 0 Å². The Kier molecular flexibility index (Phi) is 7.00. The predicted molar refractivity (Wildman–Crippen MR) is 52.6 cm³/mol. The second-order valence-corrected chi connectivity index (χ2v) is 2.84. The van der Waals surface area contributed by atoms with E-state index >= 15 is 0 Å². The van der Waals surface area contributed by atoms with E-state index in [0.717, 1.165) is 0 Å². The number of alkyl carbamates (subject to hydrolysis) is 1. The molecule has 6 heteroatoms. The van der Waals surface area contributed by atoms with Crippen LogP contribution in [0.3, 0.4) is 0 Å². The summed E-state index contributed by atoms with van der Waals surface area (Å²) in [7, 11) is 0. The summed E-state index contributed by atoms with van der Waals surface area (Å²) in [4.78, 5) is 21.1. The minimum atomic E-state index is -1.04. The Morgan fingerprint density at radius 2 is 2.27 bits per heavy atom. The largest absolute Gasteiger partial charge is 0.480 e. The van der Waals surface area contributed by atoms with Gasteiger partial charge in [0.05, 0.1) is 12.6 Å². The van der Waals surface area contributed by atoms with E-state index < -0.39 is 12.1 Å². The molecule has 0 saturated heterocycles. The van der Waals surface area contributed by atoms with Crippen molar-refractivity contribution >= 4 is 12.1 Å². The van der Waals surface area contributed by atoms with Crippen LogP contribution in [0, 0.1) is 0 Å². The van der Waals surface area contributed by atoms with Crippen molar-refractivity contribution in [3.8, 4) is 0 Å². The Morgan fingerprint density at radius 1 is 1.60 bits per heavy atom. The molecule has 2 N–H and O–H groups in total. The molecule has 0 spiro atoms. The molecule has 86 valence electrons. The quantitative estimate of drug-likeness (QED) is 0.602. The van der Waals surface area contributed by atoms with Crippen LogP contribution in [0.5, 0.6) is 0 Å². The maximum absolute atomic E-state index is 11.0. The standard InChI is InChI=1S/C9H15NO5/c1-3-4-15-9(13)10-7(2)5-14-6-8(11)12/h3,7H,1,4-6H2,2H3,(H,10,13)(H,11,12). The molecule has 0 fully saturated rings. The SMILES string of the molecule is C=CCOC(=O)NC(C)COCC(=O)O. The highest BCUT2D eigenvalue weighted by molar-refractivity contribution is 5.68. The lowest BCUT2D eigenvalue weighted by molar-refractivity contribution is -0.142. The van der Waals surface area contributed by atoms with E-state index in [4.69, 9.17) is 9.84 Å². The third-order valence-electron chi connectivity index (χ3n) is 1.29. The number of hydrogen-bond acceptors (Lipinski definition) is 4. The van der Waals surface area contributed by atoms with Gasteiger partial charge in [0, 0.05) is 0 Å². The van der Waals surface area contributed by atoms with Crippen molar-refractivity contribution < 1.29 is 24.2 Å². The highest BCUT2D eigenvalue weighted by atomic mass is 16.5. The molecular weight excluding hydrogens is 202 g/mol. The second-order valence-electron chi connectivity index (χ2n) is 2.84. The molecule has 1 unspecified atom stereocenters. The Morgan fingerprint density at radius 3 is 2.80 bits per heavy atom. The highest BCUT2D eigenvalue weighted by Gasteiger charge is 2.08. The van der Waals surface area contributed by atoms with Crippen LogP contribution in [-0.4, -0.2) is 43.0 Å². The Labute approximate surface area is 87.9 Å². The monoisotopic (exact) mass is 217 g/mol. The van der Waals surface area contributed by atoms with Crippen molar-refractivity contribution in [1.82, 2.24) is 5.32 Å². The lowest BCUT2D eigenvalue weighted by atomic mass is 10.4. The summed E-state index contributed by atoms with van der Waals surface area (Å²) >= 11 is 0. The number of carbonyl (C=O) groups is 2. The van der Waals surface area contributed by atoms with Gasteiger partial charge in [0.15, 0.2) is 0 Å². The molecule has 0 radical (unpaired) electrons. The number of amides is 1. The number of ether oxygens (including phenoxy) is 2. The first kappa shape index (κ1) is 13.4. The first-order valence-electron chi connectivity index (χ1n) is 4.40. The molecule has 0 heterocycles. The Bertz CT molecular complexity index is 229. The zero-order valence-electron chi connectivity index (χ0n) is 8.56. The fourth-order valence-electron chi connectivity index (χ4n) is 0.742. The van der Waals surface area contributed by atoms with Gasteiger partial charge in [-0.2, -0.15) is 0 Å². The van der Waals surface area contributed by atoms with Gasteiger partial charge >= 0.3 is 12.1 Å². The molecule has 6 nitrogen and oxygen atoms in total. The summed E-state index contributed by atoms with van der Waals surface area (Å²) in [5.74, 6) is -1.04. The van der Waals surface area contributed by atoms with Crippen molar-refractivity contribution in [1.29, 1.82) is 0 Å². The van der Waals surface area contributed by atoms with Gasteiger partial charge in [0.2, 0.25) is 0 Å². The van der Waals surface area contributed by atoms with Gasteiger partial charge in [-0.05, 0) is 6.92 Å². The summed E-state index contributed by atoms with van der Waals surface area (Å²) in [6, 6.07) is -0.304. The van der Waals surface area contributed by atoms with Crippen LogP contribution in [0.15, 0.2) is 12.7 Å². The van der Waals surface area contributed by atoms with Gasteiger partial charge in [0.25, 0.3) is 0 Å². The molecule has 0 aliphatic heterocycles. The van der Waals surface area contributed by atoms with Crippen molar-refractivity contribution in [3.05, 3.63) is 12.7 Å². The van der Waals surface area contributed by atoms with Crippen LogP contribution in [0.4, 0.5) is 4.79 Å². The molecule has 0 aromatic carbocycles. The number of carbonyl (C=O) groups excluding carboxylic acids is 1. The number of carboxylic acids is 1. The number of carboxylic acid groups (broad SMARTS) is 1. The van der Waals surface area contributed by atoms with E-state index in [9.17, 15) is 9.59 Å². The lowest BCUT2D eigenvalue weighted by Gasteiger charge is -2.12. The van der Waals surface area contributed by atoms with E-state index in [1.165, 1.54) is 6.08 Å². The Hall–Kier alpha value is -1.56. The maximum atomic E-state index is 11.0. The molecule has 0 aromatic rings. The molecule has 0 rings (SSSR count). The molecular formula is C9H15NO5. The second kappa shape index (κ2) is 7.81. The molecule has 0 saturated carbocycles. The van der Waals surface area contributed by atoms with Crippen LogP contribution in [-0.2, 0) is 14.3 Å². The Balaban J connectivity index is 3.54. The summed E-state index contributed by atoms with van der Waals surface area (Å²) in [6.45, 7) is 4.94. The summed E-state index contributed by atoms with van der Waals surface area (Å²) in [5.41, 5.74) is 0. The van der Waals surface area contributed by atoms with Crippen LogP contribution in [0.25, 0.3) is 0 Å². The van der Waals surface area contributed by atoms with Gasteiger partial charge in [-0.25, -0.2) is 9.59 Å². The van der Waals surface area contributed by atoms with E-state index in [2.05, 4.69) is 16.6 Å². The molecule has 0 aromatic heterocycles. The van der Waals surface area contributed by atoms with Crippen LogP contribution in [0.1, 0.15) is 6.92 Å². The normalized spacial score (nSPS) is 11.5. The van der Waals surface area contributed by atoms with E-state index in [0.29, 0.717) is 0 Å². The number of nitrogens with one attached hydrogen (secondary N) is 1. The predicted octanol–water partition coefficient (Wildman–Crippen LogP) is 0.388. The van der Waals surface area contributed by atoms with Crippen LogP contribution in [0.2, 0.25) is 0 Å². The van der Waals surface area contributed by atoms with Crippen LogP contribution >= 0.6 is 0 Å². The third-order valence-corrected chi connectivity index (χ3v) is 1.29. The van der Waals surface area contributed by atoms with E-state index in [1.54, 1.807) is 6.92 Å². The van der Waals surface area contributed by atoms with Gasteiger partial charge in [-0.3, -0.25) is 0 Å². The molecule has 1 atom stereocenters. The average molecular weight is 217 g/mol. The number of rotatable bonds is 7. The van der Waals surface area contributed by atoms with Gasteiger partial charge in [-0.15, -0.1) is 0 Å².